The molecule has 4 saturated carbocycles. The molecular formula is C24H38N4O2. The molecule has 5 rings (SSSR count). The van der Waals surface area contributed by atoms with E-state index in [9.17, 15) is 9.59 Å². The molecule has 4 aliphatic carbocycles. The second-order valence-electron chi connectivity index (χ2n) is 10.7. The Morgan fingerprint density at radius 2 is 1.73 bits per heavy atom. The molecule has 166 valence electrons. The van der Waals surface area contributed by atoms with Gasteiger partial charge in [0.2, 0.25) is 11.8 Å². The molecule has 4 fully saturated rings. The molecule has 0 saturated heterocycles. The van der Waals surface area contributed by atoms with E-state index in [1.807, 2.05) is 32.4 Å². The first-order chi connectivity index (χ1) is 14.3. The lowest BCUT2D eigenvalue weighted by Crippen LogP contribution is -2.58. The third-order valence-electron chi connectivity index (χ3n) is 7.70. The summed E-state index contributed by atoms with van der Waals surface area (Å²) in [7, 11) is 0. The van der Waals surface area contributed by atoms with E-state index in [-0.39, 0.29) is 23.1 Å². The van der Waals surface area contributed by atoms with Gasteiger partial charge in [0.05, 0.1) is 5.69 Å². The Kier molecular flexibility index (Phi) is 5.95. The summed E-state index contributed by atoms with van der Waals surface area (Å²) in [5.41, 5.74) is 1.95. The van der Waals surface area contributed by atoms with Crippen LogP contribution in [0.3, 0.4) is 0 Å². The van der Waals surface area contributed by atoms with Crippen LogP contribution in [-0.2, 0) is 16.1 Å². The molecule has 4 bridgehead atoms. The highest BCUT2D eigenvalue weighted by atomic mass is 16.2. The fourth-order valence-electron chi connectivity index (χ4n) is 6.67. The van der Waals surface area contributed by atoms with E-state index >= 15 is 0 Å². The van der Waals surface area contributed by atoms with Gasteiger partial charge >= 0.3 is 0 Å². The Hall–Kier alpha value is -1.85. The summed E-state index contributed by atoms with van der Waals surface area (Å²) in [5.74, 6) is 2.32. The van der Waals surface area contributed by atoms with Gasteiger partial charge in [-0.05, 0) is 88.5 Å². The van der Waals surface area contributed by atoms with Crippen molar-refractivity contribution in [1.29, 1.82) is 0 Å². The lowest BCUT2D eigenvalue weighted by molar-refractivity contribution is -0.149. The Bertz CT molecular complexity index is 762. The van der Waals surface area contributed by atoms with Crippen LogP contribution < -0.4 is 10.6 Å². The average Bonchev–Trinajstić information content (AvgIpc) is 2.98. The first kappa shape index (κ1) is 21.4. The number of carbonyl (C=O) groups is 2. The van der Waals surface area contributed by atoms with Gasteiger partial charge in [-0.15, -0.1) is 0 Å². The molecule has 0 aliphatic heterocycles. The molecule has 1 aromatic heterocycles. The van der Waals surface area contributed by atoms with Crippen LogP contribution in [0.25, 0.3) is 0 Å². The molecule has 1 atom stereocenters. The number of aryl methyl sites for hydroxylation is 3. The van der Waals surface area contributed by atoms with E-state index in [0.29, 0.717) is 6.54 Å². The van der Waals surface area contributed by atoms with E-state index in [4.69, 9.17) is 0 Å². The smallest absolute Gasteiger partial charge is 0.242 e. The fraction of sp³-hybridized carbons (Fsp3) is 0.792. The molecule has 6 nitrogen and oxygen atoms in total. The first-order valence-electron chi connectivity index (χ1n) is 11.9. The monoisotopic (exact) mass is 414 g/mol. The first-order valence-corrected chi connectivity index (χ1v) is 11.9. The van der Waals surface area contributed by atoms with Crippen LogP contribution in [0.5, 0.6) is 0 Å². The van der Waals surface area contributed by atoms with Crippen molar-refractivity contribution in [3.05, 3.63) is 17.5 Å². The highest BCUT2D eigenvalue weighted by Crippen LogP contribution is 2.60. The number of amides is 2. The van der Waals surface area contributed by atoms with Gasteiger partial charge in [-0.25, -0.2) is 0 Å². The lowest BCUT2D eigenvalue weighted by Gasteiger charge is -2.55. The SMILES string of the molecule is Cc1cc(C)n(CCCNC(=O)C(NC(=O)C23CC4CC(CC(C4)C2)C3)C(C)C)n1. The molecule has 2 amide bonds. The van der Waals surface area contributed by atoms with Crippen LogP contribution in [-0.4, -0.2) is 34.2 Å². The second-order valence-corrected chi connectivity index (χ2v) is 10.7. The Morgan fingerprint density at radius 3 is 2.23 bits per heavy atom. The minimum absolute atomic E-state index is 0.0588. The fourth-order valence-corrected chi connectivity index (χ4v) is 6.67. The molecule has 0 spiro atoms. The Morgan fingerprint density at radius 1 is 1.13 bits per heavy atom. The zero-order valence-corrected chi connectivity index (χ0v) is 19.0. The summed E-state index contributed by atoms with van der Waals surface area (Å²) in [6.07, 6.45) is 7.85. The summed E-state index contributed by atoms with van der Waals surface area (Å²) in [6, 6.07) is 1.60. The third kappa shape index (κ3) is 4.28. The molecular weight excluding hydrogens is 376 g/mol. The Labute approximate surface area is 180 Å². The van der Waals surface area contributed by atoms with Gasteiger partial charge in [-0.3, -0.25) is 14.3 Å². The van der Waals surface area contributed by atoms with Crippen molar-refractivity contribution in [3.63, 3.8) is 0 Å². The van der Waals surface area contributed by atoms with Gasteiger partial charge in [0.15, 0.2) is 0 Å². The van der Waals surface area contributed by atoms with Gasteiger partial charge < -0.3 is 10.6 Å². The molecule has 1 heterocycles. The van der Waals surface area contributed by atoms with Crippen molar-refractivity contribution in [2.45, 2.75) is 85.2 Å². The minimum atomic E-state index is -0.459. The maximum absolute atomic E-state index is 13.4. The molecule has 6 heteroatoms. The number of aromatic nitrogens is 2. The molecule has 4 aliphatic rings. The zero-order valence-electron chi connectivity index (χ0n) is 19.0. The summed E-state index contributed by atoms with van der Waals surface area (Å²) in [5, 5.41) is 10.7. The normalized spacial score (nSPS) is 30.5. The quantitative estimate of drug-likeness (QED) is 0.641. The maximum Gasteiger partial charge on any atom is 0.242 e. The molecule has 1 unspecified atom stereocenters. The minimum Gasteiger partial charge on any atom is -0.354 e. The number of nitrogens with one attached hydrogen (secondary N) is 2. The Balaban J connectivity index is 1.30. The van der Waals surface area contributed by atoms with Crippen molar-refractivity contribution in [3.8, 4) is 0 Å². The zero-order chi connectivity index (χ0) is 21.5. The standard InChI is InChI=1S/C24H38N4O2/c1-15(2)21(22(29)25-6-5-7-28-17(4)8-16(3)27-28)26-23(30)24-12-18-9-19(13-24)11-20(10-18)14-24/h8,15,18-21H,5-7,9-14H2,1-4H3,(H,25,29)(H,26,30). The van der Waals surface area contributed by atoms with E-state index in [1.54, 1.807) is 0 Å². The lowest BCUT2D eigenvalue weighted by atomic mass is 9.49. The van der Waals surface area contributed by atoms with Gasteiger partial charge in [-0.2, -0.15) is 5.10 Å². The van der Waals surface area contributed by atoms with Crippen LogP contribution in [0, 0.1) is 42.9 Å². The highest BCUT2D eigenvalue weighted by Gasteiger charge is 2.55. The van der Waals surface area contributed by atoms with Crippen molar-refractivity contribution < 1.29 is 9.59 Å². The van der Waals surface area contributed by atoms with Crippen LogP contribution in [0.1, 0.15) is 70.2 Å². The predicted molar refractivity (Wildman–Crippen MR) is 117 cm³/mol. The van der Waals surface area contributed by atoms with Crippen molar-refractivity contribution >= 4 is 11.8 Å². The highest BCUT2D eigenvalue weighted by molar-refractivity contribution is 5.90. The molecule has 0 aromatic carbocycles. The summed E-state index contributed by atoms with van der Waals surface area (Å²) < 4.78 is 1.98. The van der Waals surface area contributed by atoms with E-state index in [2.05, 4.69) is 21.8 Å². The number of rotatable bonds is 8. The maximum atomic E-state index is 13.4. The second kappa shape index (κ2) is 8.35. The van der Waals surface area contributed by atoms with Crippen molar-refractivity contribution in [1.82, 2.24) is 20.4 Å². The van der Waals surface area contributed by atoms with E-state index < -0.39 is 6.04 Å². The van der Waals surface area contributed by atoms with E-state index in [0.717, 1.165) is 61.4 Å². The van der Waals surface area contributed by atoms with Gasteiger partial charge in [0.1, 0.15) is 6.04 Å². The van der Waals surface area contributed by atoms with Crippen LogP contribution in [0.15, 0.2) is 6.07 Å². The van der Waals surface area contributed by atoms with Crippen LogP contribution >= 0.6 is 0 Å². The number of carbonyl (C=O) groups excluding carboxylic acids is 2. The number of nitrogens with zero attached hydrogens (tertiary/aromatic N) is 2. The molecule has 1 aromatic rings. The van der Waals surface area contributed by atoms with Gasteiger partial charge in [0.25, 0.3) is 0 Å². The molecule has 0 radical (unpaired) electrons. The number of hydrogen-bond donors (Lipinski definition) is 2. The van der Waals surface area contributed by atoms with Crippen LogP contribution in [0.4, 0.5) is 0 Å². The van der Waals surface area contributed by atoms with Crippen molar-refractivity contribution in [2.75, 3.05) is 6.54 Å². The predicted octanol–water partition coefficient (Wildman–Crippen LogP) is 3.36. The van der Waals surface area contributed by atoms with Gasteiger partial charge in [-0.1, -0.05) is 13.8 Å². The largest absolute Gasteiger partial charge is 0.354 e. The third-order valence-corrected chi connectivity index (χ3v) is 7.70. The topological polar surface area (TPSA) is 76.0 Å². The number of hydrogen-bond acceptors (Lipinski definition) is 3. The summed E-state index contributed by atoms with van der Waals surface area (Å²) >= 11 is 0. The van der Waals surface area contributed by atoms with Gasteiger partial charge in [0, 0.05) is 24.2 Å². The molecule has 2 N–H and O–H groups in total. The average molecular weight is 415 g/mol. The van der Waals surface area contributed by atoms with E-state index in [1.165, 1.54) is 19.3 Å². The summed E-state index contributed by atoms with van der Waals surface area (Å²) in [6.45, 7) is 9.44. The molecule has 30 heavy (non-hydrogen) atoms. The van der Waals surface area contributed by atoms with Crippen molar-refractivity contribution in [2.24, 2.45) is 29.1 Å². The van der Waals surface area contributed by atoms with Crippen LogP contribution in [0.2, 0.25) is 0 Å². The summed E-state index contributed by atoms with van der Waals surface area (Å²) in [4.78, 5) is 26.2.